The molecule has 1 saturated carbocycles. The van der Waals surface area contributed by atoms with Crippen molar-refractivity contribution in [1.29, 1.82) is 0 Å². The van der Waals surface area contributed by atoms with Crippen molar-refractivity contribution in [3.8, 4) is 0 Å². The number of rotatable bonds is 9. The van der Waals surface area contributed by atoms with Gasteiger partial charge in [0, 0.05) is 37.1 Å². The van der Waals surface area contributed by atoms with Crippen LogP contribution < -0.4 is 5.32 Å². The Kier molecular flexibility index (Phi) is 8.77. The van der Waals surface area contributed by atoms with Crippen molar-refractivity contribution in [3.63, 3.8) is 0 Å². The lowest BCUT2D eigenvalue weighted by atomic mass is 9.94. The third-order valence-electron chi connectivity index (χ3n) is 3.83. The number of hydrogen-bond donors (Lipinski definition) is 1. The van der Waals surface area contributed by atoms with Crippen molar-refractivity contribution in [2.24, 2.45) is 0 Å². The Hall–Kier alpha value is -0.940. The Bertz CT molecular complexity index is 467. The number of hydrogen-bond acceptors (Lipinski definition) is 4. The number of carbonyl (C=O) groups excluding carboxylic acids is 4. The fourth-order valence-corrected chi connectivity index (χ4v) is 3.09. The van der Waals surface area contributed by atoms with Crippen LogP contribution in [0.5, 0.6) is 0 Å². The van der Waals surface area contributed by atoms with Gasteiger partial charge in [-0.15, -0.1) is 23.2 Å². The van der Waals surface area contributed by atoms with Crippen LogP contribution in [0.25, 0.3) is 0 Å². The predicted molar refractivity (Wildman–Crippen MR) is 88.8 cm³/mol. The van der Waals surface area contributed by atoms with E-state index in [1.807, 2.05) is 0 Å². The van der Waals surface area contributed by atoms with Gasteiger partial charge in [-0.2, -0.15) is 0 Å². The average molecular weight is 364 g/mol. The molecule has 0 bridgehead atoms. The molecule has 3 atom stereocenters. The van der Waals surface area contributed by atoms with Crippen LogP contribution in [0.15, 0.2) is 0 Å². The van der Waals surface area contributed by atoms with E-state index in [2.05, 4.69) is 5.32 Å². The highest BCUT2D eigenvalue weighted by Gasteiger charge is 2.29. The summed E-state index contributed by atoms with van der Waals surface area (Å²) in [7, 11) is 0. The fourth-order valence-electron chi connectivity index (χ4n) is 2.48. The van der Waals surface area contributed by atoms with Gasteiger partial charge < -0.3 is 10.1 Å². The van der Waals surface area contributed by atoms with E-state index in [1.54, 1.807) is 0 Å². The highest BCUT2D eigenvalue weighted by molar-refractivity contribution is 6.23. The molecule has 0 heterocycles. The number of halogens is 2. The summed E-state index contributed by atoms with van der Waals surface area (Å²) in [6, 6.07) is -0.173. The standard InChI is InChI=1S/C16H23Cl2NO4/c1-10(20)2-4-12(21)9-13(22)5-7-16(23)19-15-8-11(17)3-6-14(15)18/h11,14-15H,2-9H2,1H3,(H,19,23). The van der Waals surface area contributed by atoms with Crippen molar-refractivity contribution in [2.75, 3.05) is 0 Å². The second-order valence-corrected chi connectivity index (χ2v) is 7.23. The maximum absolute atomic E-state index is 11.9. The van der Waals surface area contributed by atoms with Crippen LogP contribution in [0, 0.1) is 0 Å². The summed E-state index contributed by atoms with van der Waals surface area (Å²) in [6.45, 7) is 1.40. The van der Waals surface area contributed by atoms with E-state index < -0.39 is 0 Å². The van der Waals surface area contributed by atoms with Crippen molar-refractivity contribution in [1.82, 2.24) is 5.32 Å². The molecular weight excluding hydrogens is 341 g/mol. The van der Waals surface area contributed by atoms with Crippen LogP contribution in [0.3, 0.4) is 0 Å². The first-order valence-corrected chi connectivity index (χ1v) is 8.75. The third-order valence-corrected chi connectivity index (χ3v) is 4.75. The Morgan fingerprint density at radius 3 is 2.17 bits per heavy atom. The van der Waals surface area contributed by atoms with Crippen molar-refractivity contribution in [2.45, 2.75) is 75.1 Å². The average Bonchev–Trinajstić information content (AvgIpc) is 2.47. The molecule has 0 spiro atoms. The van der Waals surface area contributed by atoms with E-state index in [0.717, 1.165) is 12.8 Å². The zero-order valence-electron chi connectivity index (χ0n) is 13.3. The number of amides is 1. The number of carbonyl (C=O) groups is 4. The van der Waals surface area contributed by atoms with Crippen LogP contribution in [0.1, 0.15) is 58.3 Å². The van der Waals surface area contributed by atoms with Crippen LogP contribution in [0.4, 0.5) is 0 Å². The number of Topliss-reactive ketones (excluding diaryl/α,β-unsaturated/α-hetero) is 3. The lowest BCUT2D eigenvalue weighted by Gasteiger charge is -2.30. The van der Waals surface area contributed by atoms with Crippen molar-refractivity contribution < 1.29 is 19.2 Å². The molecule has 0 aromatic heterocycles. The summed E-state index contributed by atoms with van der Waals surface area (Å²) in [4.78, 5) is 45.8. The highest BCUT2D eigenvalue weighted by atomic mass is 35.5. The highest BCUT2D eigenvalue weighted by Crippen LogP contribution is 2.27. The zero-order chi connectivity index (χ0) is 17.4. The molecule has 1 amide bonds. The smallest absolute Gasteiger partial charge is 0.220 e. The molecule has 1 rings (SSSR count). The summed E-state index contributed by atoms with van der Waals surface area (Å²) < 4.78 is 0. The lowest BCUT2D eigenvalue weighted by Crippen LogP contribution is -2.45. The molecule has 1 aliphatic rings. The Balaban J connectivity index is 2.25. The third kappa shape index (κ3) is 8.47. The molecule has 7 heteroatoms. The Morgan fingerprint density at radius 1 is 0.957 bits per heavy atom. The van der Waals surface area contributed by atoms with Gasteiger partial charge in [-0.1, -0.05) is 0 Å². The van der Waals surface area contributed by atoms with Crippen LogP contribution in [-0.4, -0.2) is 40.1 Å². The Morgan fingerprint density at radius 2 is 1.57 bits per heavy atom. The van der Waals surface area contributed by atoms with E-state index in [9.17, 15) is 19.2 Å². The van der Waals surface area contributed by atoms with Gasteiger partial charge in [-0.3, -0.25) is 14.4 Å². The van der Waals surface area contributed by atoms with Crippen LogP contribution in [-0.2, 0) is 19.2 Å². The Labute approximate surface area is 146 Å². The van der Waals surface area contributed by atoms with E-state index in [-0.39, 0.29) is 72.2 Å². The van der Waals surface area contributed by atoms with E-state index in [0.29, 0.717) is 6.42 Å². The maximum Gasteiger partial charge on any atom is 0.220 e. The summed E-state index contributed by atoms with van der Waals surface area (Å²) in [5, 5.41) is 2.68. The van der Waals surface area contributed by atoms with E-state index in [4.69, 9.17) is 23.2 Å². The molecule has 0 aliphatic heterocycles. The SMILES string of the molecule is CC(=O)CCC(=O)CC(=O)CCC(=O)NC1CC(Cl)CCC1Cl. The topological polar surface area (TPSA) is 80.3 Å². The second kappa shape index (κ2) is 10.0. The van der Waals surface area contributed by atoms with Crippen LogP contribution >= 0.6 is 23.2 Å². The summed E-state index contributed by atoms with van der Waals surface area (Å²) in [6.07, 6.45) is 2.29. The lowest BCUT2D eigenvalue weighted by molar-refractivity contribution is -0.130. The molecule has 23 heavy (non-hydrogen) atoms. The van der Waals surface area contributed by atoms with Gasteiger partial charge in [0.1, 0.15) is 17.3 Å². The molecule has 0 radical (unpaired) electrons. The van der Waals surface area contributed by atoms with Gasteiger partial charge in [-0.05, 0) is 26.2 Å². The zero-order valence-corrected chi connectivity index (χ0v) is 14.8. The predicted octanol–water partition coefficient (Wildman–Crippen LogP) is 2.55. The monoisotopic (exact) mass is 363 g/mol. The molecule has 1 fully saturated rings. The number of ketones is 3. The second-order valence-electron chi connectivity index (χ2n) is 6.06. The molecule has 0 saturated heterocycles. The normalized spacial score (nSPS) is 24.0. The molecule has 0 aromatic carbocycles. The molecule has 5 nitrogen and oxygen atoms in total. The van der Waals surface area contributed by atoms with Crippen molar-refractivity contribution in [3.05, 3.63) is 0 Å². The minimum Gasteiger partial charge on any atom is -0.352 e. The quantitative estimate of drug-likeness (QED) is 0.504. The molecule has 0 aromatic rings. The first-order valence-electron chi connectivity index (χ1n) is 7.88. The van der Waals surface area contributed by atoms with Gasteiger partial charge in [0.25, 0.3) is 0 Å². The summed E-state index contributed by atoms with van der Waals surface area (Å²) in [5.41, 5.74) is 0. The summed E-state index contributed by atoms with van der Waals surface area (Å²) in [5.74, 6) is -0.875. The number of alkyl halides is 2. The first kappa shape index (κ1) is 20.1. The minimum absolute atomic E-state index is 0.0100. The van der Waals surface area contributed by atoms with Gasteiger partial charge in [0.2, 0.25) is 5.91 Å². The molecule has 1 aliphatic carbocycles. The first-order chi connectivity index (χ1) is 10.8. The molecule has 3 unspecified atom stereocenters. The van der Waals surface area contributed by atoms with Gasteiger partial charge in [0.15, 0.2) is 0 Å². The van der Waals surface area contributed by atoms with Crippen LogP contribution in [0.2, 0.25) is 0 Å². The molecule has 1 N–H and O–H groups in total. The van der Waals surface area contributed by atoms with Crippen molar-refractivity contribution >= 4 is 46.5 Å². The van der Waals surface area contributed by atoms with E-state index >= 15 is 0 Å². The fraction of sp³-hybridized carbons (Fsp3) is 0.750. The molecular formula is C16H23Cl2NO4. The molecule has 130 valence electrons. The van der Waals surface area contributed by atoms with E-state index in [1.165, 1.54) is 6.92 Å². The summed E-state index contributed by atoms with van der Waals surface area (Å²) >= 11 is 12.2. The minimum atomic E-state index is -0.282. The maximum atomic E-state index is 11.9. The van der Waals surface area contributed by atoms with Gasteiger partial charge in [0.05, 0.1) is 11.8 Å². The number of nitrogens with one attached hydrogen (secondary N) is 1. The largest absolute Gasteiger partial charge is 0.352 e. The van der Waals surface area contributed by atoms with Gasteiger partial charge >= 0.3 is 0 Å². The van der Waals surface area contributed by atoms with Gasteiger partial charge in [-0.25, -0.2) is 0 Å².